The molecule has 3 rings (SSSR count). The van der Waals surface area contributed by atoms with Crippen LogP contribution in [0, 0.1) is 11.3 Å². The lowest BCUT2D eigenvalue weighted by Crippen LogP contribution is -1.97. The highest BCUT2D eigenvalue weighted by Gasteiger charge is 2.14. The molecule has 0 fully saturated rings. The van der Waals surface area contributed by atoms with Crippen molar-refractivity contribution >= 4 is 23.6 Å². The number of benzene rings is 2. The molecule has 0 aliphatic heterocycles. The monoisotopic (exact) mass is 410 g/mol. The minimum Gasteiger partial charge on any atom is -0.383 e. The van der Waals surface area contributed by atoms with E-state index in [1.807, 2.05) is 53.6 Å². The highest BCUT2D eigenvalue weighted by atomic mass is 31.0. The van der Waals surface area contributed by atoms with Gasteiger partial charge in [0.25, 0.3) is 0 Å². The Morgan fingerprint density at radius 3 is 1.93 bits per heavy atom. The Bertz CT molecular complexity index is 840. The van der Waals surface area contributed by atoms with Gasteiger partial charge in [0, 0.05) is 21.0 Å². The molecule has 1 heterocycles. The Kier molecular flexibility index (Phi) is 17.5. The van der Waals surface area contributed by atoms with Crippen LogP contribution < -0.4 is 11.2 Å². The van der Waals surface area contributed by atoms with Crippen molar-refractivity contribution in [2.75, 3.05) is 5.73 Å². The third-order valence-corrected chi connectivity index (χ3v) is 3.68. The fourth-order valence-electron chi connectivity index (χ4n) is 2.46. The van der Waals surface area contributed by atoms with Gasteiger partial charge in [-0.15, -0.1) is 0 Å². The summed E-state index contributed by atoms with van der Waals surface area (Å²) in [6.45, 7) is 4.00. The highest BCUT2D eigenvalue weighted by Crippen LogP contribution is 2.26. The normalized spacial score (nSPS) is 8.28. The number of hydrogen-bond donors (Lipinski definition) is 2. The number of nitrogen functional groups attached to an aromatic ring is 1. The van der Waals surface area contributed by atoms with Crippen molar-refractivity contribution in [3.05, 3.63) is 71.3 Å². The average molecular weight is 410 g/mol. The van der Waals surface area contributed by atoms with Crippen LogP contribution in [-0.2, 0) is 13.5 Å². The second-order valence-corrected chi connectivity index (χ2v) is 5.20. The second-order valence-electron chi connectivity index (χ2n) is 5.20. The number of hydrogen-bond acceptors (Lipinski definition) is 4. The molecule has 3 radical (unpaired) electrons. The molecule has 155 valence electrons. The van der Waals surface area contributed by atoms with Crippen molar-refractivity contribution in [2.45, 2.75) is 35.1 Å². The van der Waals surface area contributed by atoms with Crippen molar-refractivity contribution in [3.63, 3.8) is 0 Å². The molecule has 4 N–H and O–H groups in total. The minimum atomic E-state index is 0. The fourth-order valence-corrected chi connectivity index (χ4v) is 2.46. The topological polar surface area (TPSA) is 93.6 Å². The van der Waals surface area contributed by atoms with E-state index in [0.717, 1.165) is 12.0 Å². The summed E-state index contributed by atoms with van der Waals surface area (Å²) in [7, 11) is 3.66. The summed E-state index contributed by atoms with van der Waals surface area (Å²) in [4.78, 5) is 0. The van der Waals surface area contributed by atoms with Crippen LogP contribution in [0.15, 0.2) is 54.6 Å². The molecule has 5 nitrogen and oxygen atoms in total. The Balaban J connectivity index is -0.000000911. The first-order chi connectivity index (χ1) is 12.7. The van der Waals surface area contributed by atoms with Crippen LogP contribution in [-0.4, -0.2) is 18.2 Å². The van der Waals surface area contributed by atoms with E-state index in [9.17, 15) is 5.26 Å². The number of anilines is 1. The SMILES string of the molecule is C.C.CC.Cn1nc(-c2ccc(Cc3ccccc3)cc2)c(C#N)c1N.NP.[B]. The number of nitrogens with two attached hydrogens (primary N) is 2. The maximum Gasteiger partial charge on any atom is 0.140 e. The number of aromatic nitrogens is 2. The van der Waals surface area contributed by atoms with Crippen molar-refractivity contribution in [1.82, 2.24) is 9.78 Å². The molecule has 0 saturated heterocycles. The first-order valence-corrected chi connectivity index (χ1v) is 9.05. The standard InChI is InChI=1S/C18H16N4.C2H6.2CH4.B.H4NP/c1-22-18(20)16(12-19)17(21-22)15-9-7-14(8-10-15)11-13-5-3-2-4-6-13;1-2;;;;1-2/h2-10H,11,20H2,1H3;1-2H3;2*1H4;;1-2H2. The molecule has 0 saturated carbocycles. The second kappa shape index (κ2) is 16.4. The zero-order chi connectivity index (χ0) is 19.5. The lowest BCUT2D eigenvalue weighted by molar-refractivity contribution is 0.782. The summed E-state index contributed by atoms with van der Waals surface area (Å²) < 4.78 is 1.53. The number of rotatable bonds is 3. The third kappa shape index (κ3) is 8.11. The van der Waals surface area contributed by atoms with Gasteiger partial charge in [0.1, 0.15) is 23.1 Å². The average Bonchev–Trinajstić information content (AvgIpc) is 3.00. The van der Waals surface area contributed by atoms with E-state index in [1.165, 1.54) is 15.8 Å². The van der Waals surface area contributed by atoms with Crippen molar-refractivity contribution < 1.29 is 0 Å². The van der Waals surface area contributed by atoms with Gasteiger partial charge in [-0.2, -0.15) is 10.4 Å². The quantitative estimate of drug-likeness (QED) is 0.480. The van der Waals surface area contributed by atoms with Crippen LogP contribution in [0.2, 0.25) is 0 Å². The molecular formula is C22H34BN5P. The fraction of sp³-hybridized carbons (Fsp3) is 0.273. The third-order valence-electron chi connectivity index (χ3n) is 3.68. The van der Waals surface area contributed by atoms with E-state index in [4.69, 9.17) is 5.73 Å². The van der Waals surface area contributed by atoms with Crippen LogP contribution in [0.5, 0.6) is 0 Å². The van der Waals surface area contributed by atoms with Gasteiger partial charge < -0.3 is 11.2 Å². The number of nitrogens with zero attached hydrogens (tertiary/aromatic N) is 3. The molecule has 1 unspecified atom stereocenters. The molecular weight excluding hydrogens is 376 g/mol. The van der Waals surface area contributed by atoms with E-state index in [0.29, 0.717) is 17.1 Å². The summed E-state index contributed by atoms with van der Waals surface area (Å²) in [6, 6.07) is 20.6. The first kappa shape index (κ1) is 31.1. The predicted molar refractivity (Wildman–Crippen MR) is 131 cm³/mol. The zero-order valence-electron chi connectivity index (χ0n) is 16.1. The van der Waals surface area contributed by atoms with Crippen molar-refractivity contribution in [1.29, 1.82) is 5.26 Å². The largest absolute Gasteiger partial charge is 0.383 e. The number of aryl methyl sites for hydroxylation is 1. The van der Waals surface area contributed by atoms with Gasteiger partial charge in [0.05, 0.1) is 0 Å². The van der Waals surface area contributed by atoms with Crippen LogP contribution in [0.25, 0.3) is 11.3 Å². The van der Waals surface area contributed by atoms with Crippen LogP contribution in [0.1, 0.15) is 45.4 Å². The van der Waals surface area contributed by atoms with E-state index in [2.05, 4.69) is 40.9 Å². The maximum absolute atomic E-state index is 9.24. The molecule has 7 heteroatoms. The zero-order valence-corrected chi connectivity index (χ0v) is 17.2. The first-order valence-electron chi connectivity index (χ1n) is 8.38. The van der Waals surface area contributed by atoms with Gasteiger partial charge in [0.2, 0.25) is 0 Å². The lowest BCUT2D eigenvalue weighted by atomic mass is 10.0. The van der Waals surface area contributed by atoms with Gasteiger partial charge in [-0.25, -0.2) is 0 Å². The molecule has 29 heavy (non-hydrogen) atoms. The molecule has 0 aliphatic carbocycles. The molecule has 0 amide bonds. The molecule has 3 aromatic rings. The van der Waals surface area contributed by atoms with E-state index in [1.54, 1.807) is 7.05 Å². The molecule has 0 bridgehead atoms. The summed E-state index contributed by atoms with van der Waals surface area (Å²) in [6.07, 6.45) is 0.886. The highest BCUT2D eigenvalue weighted by molar-refractivity contribution is 7.13. The van der Waals surface area contributed by atoms with Gasteiger partial charge in [-0.3, -0.25) is 4.68 Å². The van der Waals surface area contributed by atoms with Crippen LogP contribution in [0.4, 0.5) is 5.82 Å². The summed E-state index contributed by atoms with van der Waals surface area (Å²) >= 11 is 0. The Morgan fingerprint density at radius 1 is 0.966 bits per heavy atom. The van der Waals surface area contributed by atoms with E-state index < -0.39 is 0 Å². The van der Waals surface area contributed by atoms with Crippen LogP contribution in [0.3, 0.4) is 0 Å². The van der Waals surface area contributed by atoms with Gasteiger partial charge >= 0.3 is 0 Å². The Morgan fingerprint density at radius 2 is 1.45 bits per heavy atom. The van der Waals surface area contributed by atoms with Crippen LogP contribution >= 0.6 is 9.39 Å². The van der Waals surface area contributed by atoms with Crippen molar-refractivity contribution in [3.8, 4) is 17.3 Å². The molecule has 0 spiro atoms. The molecule has 2 aromatic carbocycles. The smallest absolute Gasteiger partial charge is 0.140 e. The minimum absolute atomic E-state index is 0. The lowest BCUT2D eigenvalue weighted by Gasteiger charge is -2.03. The van der Waals surface area contributed by atoms with Gasteiger partial charge in [-0.1, -0.05) is 92.7 Å². The van der Waals surface area contributed by atoms with Gasteiger partial charge in [-0.05, 0) is 17.5 Å². The van der Waals surface area contributed by atoms with E-state index >= 15 is 0 Å². The molecule has 1 atom stereocenters. The molecule has 0 aliphatic rings. The van der Waals surface area contributed by atoms with Crippen molar-refractivity contribution in [2.24, 2.45) is 12.6 Å². The predicted octanol–water partition coefficient (Wildman–Crippen LogP) is 4.78. The maximum atomic E-state index is 9.24. The Labute approximate surface area is 181 Å². The van der Waals surface area contributed by atoms with Gasteiger partial charge in [0.15, 0.2) is 0 Å². The summed E-state index contributed by atoms with van der Waals surface area (Å²) in [5, 5.41) is 13.6. The summed E-state index contributed by atoms with van der Waals surface area (Å²) in [5.74, 6) is 0.394. The van der Waals surface area contributed by atoms with E-state index in [-0.39, 0.29) is 23.3 Å². The summed E-state index contributed by atoms with van der Waals surface area (Å²) in [5.41, 5.74) is 14.7. The Hall–Kier alpha value is -2.61. The molecule has 1 aromatic heterocycles. The number of nitriles is 1.